The highest BCUT2D eigenvalue weighted by Gasteiger charge is 2.37. The number of azo groups is 1. The standard InChI is InChI=1S/C18H16F6N2O/c1-16(2,3)13-5-4-6-14(15(13)27)26-25-12-8-10(17(19,20)21)7-11(9-12)18(22,23)24/h4-9,27H,1-3H3. The number of rotatable bonds is 2. The Morgan fingerprint density at radius 2 is 1.30 bits per heavy atom. The maximum absolute atomic E-state index is 12.9. The van der Waals surface area contributed by atoms with Gasteiger partial charge in [-0.2, -0.15) is 31.5 Å². The van der Waals surface area contributed by atoms with E-state index in [2.05, 4.69) is 10.2 Å². The summed E-state index contributed by atoms with van der Waals surface area (Å²) in [5, 5.41) is 17.4. The van der Waals surface area contributed by atoms with E-state index in [1.54, 1.807) is 12.1 Å². The van der Waals surface area contributed by atoms with Gasteiger partial charge in [0.25, 0.3) is 0 Å². The van der Waals surface area contributed by atoms with Crippen LogP contribution in [0.25, 0.3) is 0 Å². The summed E-state index contributed by atoms with van der Waals surface area (Å²) >= 11 is 0. The summed E-state index contributed by atoms with van der Waals surface area (Å²) < 4.78 is 77.2. The third-order valence-corrected chi connectivity index (χ3v) is 3.67. The molecule has 0 unspecified atom stereocenters. The number of para-hydroxylation sites is 1. The highest BCUT2D eigenvalue weighted by atomic mass is 19.4. The fourth-order valence-corrected chi connectivity index (χ4v) is 2.33. The predicted octanol–water partition coefficient (Wildman–Crippen LogP) is 7.14. The van der Waals surface area contributed by atoms with Crippen LogP contribution in [0.4, 0.5) is 37.7 Å². The van der Waals surface area contributed by atoms with E-state index in [0.29, 0.717) is 17.7 Å². The summed E-state index contributed by atoms with van der Waals surface area (Å²) in [5.74, 6) is -0.239. The monoisotopic (exact) mass is 390 g/mol. The summed E-state index contributed by atoms with van der Waals surface area (Å²) in [5.41, 5.74) is -3.60. The maximum atomic E-state index is 12.9. The van der Waals surface area contributed by atoms with Gasteiger partial charge in [-0.15, -0.1) is 5.11 Å². The Morgan fingerprint density at radius 1 is 0.778 bits per heavy atom. The topological polar surface area (TPSA) is 45.0 Å². The third-order valence-electron chi connectivity index (χ3n) is 3.67. The van der Waals surface area contributed by atoms with E-state index in [4.69, 9.17) is 0 Å². The number of alkyl halides is 6. The summed E-state index contributed by atoms with van der Waals surface area (Å²) in [6.45, 7) is 5.47. The van der Waals surface area contributed by atoms with Crippen LogP contribution < -0.4 is 0 Å². The average molecular weight is 390 g/mol. The van der Waals surface area contributed by atoms with Crippen LogP contribution in [-0.2, 0) is 17.8 Å². The lowest BCUT2D eigenvalue weighted by atomic mass is 9.86. The molecule has 0 saturated heterocycles. The summed E-state index contributed by atoms with van der Waals surface area (Å²) in [7, 11) is 0. The molecular weight excluding hydrogens is 374 g/mol. The first-order chi connectivity index (χ1) is 12.2. The van der Waals surface area contributed by atoms with Gasteiger partial charge in [0, 0.05) is 5.56 Å². The molecule has 0 bridgehead atoms. The lowest BCUT2D eigenvalue weighted by Gasteiger charge is -2.20. The first-order valence-electron chi connectivity index (χ1n) is 7.73. The number of hydrogen-bond acceptors (Lipinski definition) is 3. The number of halogens is 6. The van der Waals surface area contributed by atoms with Gasteiger partial charge < -0.3 is 5.11 Å². The lowest BCUT2D eigenvalue weighted by molar-refractivity contribution is -0.143. The highest BCUT2D eigenvalue weighted by Crippen LogP contribution is 2.40. The van der Waals surface area contributed by atoms with Crippen LogP contribution in [0.2, 0.25) is 0 Å². The minimum absolute atomic E-state index is 0.0106. The fourth-order valence-electron chi connectivity index (χ4n) is 2.33. The van der Waals surface area contributed by atoms with Crippen molar-refractivity contribution < 1.29 is 31.4 Å². The molecule has 0 saturated carbocycles. The van der Waals surface area contributed by atoms with E-state index in [1.807, 2.05) is 20.8 Å². The molecule has 0 radical (unpaired) electrons. The van der Waals surface area contributed by atoms with Gasteiger partial charge in [0.05, 0.1) is 16.8 Å². The molecule has 0 heterocycles. The number of hydrogen-bond donors (Lipinski definition) is 1. The molecule has 2 aromatic carbocycles. The third kappa shape index (κ3) is 4.99. The van der Waals surface area contributed by atoms with E-state index < -0.39 is 34.6 Å². The normalized spacial score (nSPS) is 13.4. The van der Waals surface area contributed by atoms with E-state index in [9.17, 15) is 31.4 Å². The van der Waals surface area contributed by atoms with Crippen LogP contribution in [0, 0.1) is 0 Å². The second kappa shape index (κ2) is 6.86. The molecule has 0 amide bonds. The first kappa shape index (κ1) is 20.7. The van der Waals surface area contributed by atoms with Crippen LogP contribution in [0.3, 0.4) is 0 Å². The van der Waals surface area contributed by atoms with Crippen molar-refractivity contribution in [1.82, 2.24) is 0 Å². The Morgan fingerprint density at radius 3 is 1.74 bits per heavy atom. The molecule has 0 aliphatic heterocycles. The molecule has 0 aliphatic carbocycles. The molecule has 0 spiro atoms. The molecule has 146 valence electrons. The Kier molecular flexibility index (Phi) is 5.27. The van der Waals surface area contributed by atoms with Crippen molar-refractivity contribution in [1.29, 1.82) is 0 Å². The van der Waals surface area contributed by atoms with Gasteiger partial charge in [0.1, 0.15) is 11.4 Å². The van der Waals surface area contributed by atoms with E-state index in [0.717, 1.165) is 0 Å². The zero-order chi connectivity index (χ0) is 20.6. The number of phenols is 1. The minimum atomic E-state index is -4.97. The van der Waals surface area contributed by atoms with Gasteiger partial charge in [-0.1, -0.05) is 32.9 Å². The van der Waals surface area contributed by atoms with Crippen LogP contribution >= 0.6 is 0 Å². The van der Waals surface area contributed by atoms with Crippen molar-refractivity contribution >= 4 is 11.4 Å². The van der Waals surface area contributed by atoms with Crippen molar-refractivity contribution in [3.05, 3.63) is 53.1 Å². The van der Waals surface area contributed by atoms with Crippen LogP contribution in [-0.4, -0.2) is 5.11 Å². The Hall–Kier alpha value is -2.58. The predicted molar refractivity (Wildman–Crippen MR) is 87.4 cm³/mol. The molecule has 3 nitrogen and oxygen atoms in total. The number of benzene rings is 2. The molecule has 0 aliphatic rings. The second-order valence-electron chi connectivity index (χ2n) is 6.89. The highest BCUT2D eigenvalue weighted by molar-refractivity contribution is 5.57. The lowest BCUT2D eigenvalue weighted by Crippen LogP contribution is -2.11. The van der Waals surface area contributed by atoms with E-state index >= 15 is 0 Å². The molecule has 0 atom stereocenters. The quantitative estimate of drug-likeness (QED) is 0.430. The van der Waals surface area contributed by atoms with Crippen molar-refractivity contribution in [3.8, 4) is 5.75 Å². The van der Waals surface area contributed by atoms with Crippen LogP contribution in [0.15, 0.2) is 46.6 Å². The van der Waals surface area contributed by atoms with Crippen molar-refractivity contribution in [3.63, 3.8) is 0 Å². The SMILES string of the molecule is CC(C)(C)c1cccc(N=Nc2cc(C(F)(F)F)cc(C(F)(F)F)c2)c1O. The van der Waals surface area contributed by atoms with E-state index in [1.165, 1.54) is 6.07 Å². The van der Waals surface area contributed by atoms with E-state index in [-0.39, 0.29) is 17.5 Å². The summed E-state index contributed by atoms with van der Waals surface area (Å²) in [4.78, 5) is 0. The number of aromatic hydroxyl groups is 1. The molecule has 1 N–H and O–H groups in total. The Balaban J connectivity index is 2.52. The van der Waals surface area contributed by atoms with Gasteiger partial charge in [-0.3, -0.25) is 0 Å². The molecule has 9 heteroatoms. The smallest absolute Gasteiger partial charge is 0.416 e. The van der Waals surface area contributed by atoms with Gasteiger partial charge >= 0.3 is 12.4 Å². The minimum Gasteiger partial charge on any atom is -0.505 e. The average Bonchev–Trinajstić information content (AvgIpc) is 2.51. The second-order valence-corrected chi connectivity index (χ2v) is 6.89. The maximum Gasteiger partial charge on any atom is 0.416 e. The number of phenolic OH excluding ortho intramolecular Hbond substituents is 1. The first-order valence-corrected chi connectivity index (χ1v) is 7.73. The van der Waals surface area contributed by atoms with Gasteiger partial charge in [0.15, 0.2) is 0 Å². The van der Waals surface area contributed by atoms with Crippen molar-refractivity contribution in [2.24, 2.45) is 10.2 Å². The zero-order valence-corrected chi connectivity index (χ0v) is 14.6. The Bertz CT molecular complexity index is 831. The fraction of sp³-hybridized carbons (Fsp3) is 0.333. The molecule has 27 heavy (non-hydrogen) atoms. The Labute approximate surface area is 151 Å². The zero-order valence-electron chi connectivity index (χ0n) is 14.6. The summed E-state index contributed by atoms with van der Waals surface area (Å²) in [6.07, 6.45) is -9.94. The van der Waals surface area contributed by atoms with Crippen LogP contribution in [0.5, 0.6) is 5.75 Å². The molecule has 0 aromatic heterocycles. The summed E-state index contributed by atoms with van der Waals surface area (Å²) in [6, 6.07) is 5.48. The van der Waals surface area contributed by atoms with Crippen LogP contribution in [0.1, 0.15) is 37.5 Å². The molecule has 2 aromatic rings. The molecular formula is C18H16F6N2O. The van der Waals surface area contributed by atoms with Gasteiger partial charge in [-0.25, -0.2) is 0 Å². The molecule has 2 rings (SSSR count). The van der Waals surface area contributed by atoms with Crippen molar-refractivity contribution in [2.45, 2.75) is 38.5 Å². The molecule has 0 fully saturated rings. The van der Waals surface area contributed by atoms with Crippen molar-refractivity contribution in [2.75, 3.05) is 0 Å². The number of nitrogens with zero attached hydrogens (tertiary/aromatic N) is 2. The largest absolute Gasteiger partial charge is 0.505 e. The van der Waals surface area contributed by atoms with Gasteiger partial charge in [-0.05, 0) is 29.7 Å². The van der Waals surface area contributed by atoms with Gasteiger partial charge in [0.2, 0.25) is 0 Å².